The minimum atomic E-state index is 0.0219. The van der Waals surface area contributed by atoms with Gasteiger partial charge in [0.1, 0.15) is 12.4 Å². The number of ketones is 1. The van der Waals surface area contributed by atoms with Gasteiger partial charge in [-0.15, -0.1) is 0 Å². The first-order chi connectivity index (χ1) is 18.4. The van der Waals surface area contributed by atoms with Gasteiger partial charge in [0.2, 0.25) is 0 Å². The molecule has 2 aromatic heterocycles. The Bertz CT molecular complexity index is 1380. The molecule has 2 heterocycles. The first-order valence-electron chi connectivity index (χ1n) is 14.1. The van der Waals surface area contributed by atoms with Gasteiger partial charge in [-0.1, -0.05) is 57.9 Å². The molecule has 0 aliphatic heterocycles. The lowest BCUT2D eigenvalue weighted by molar-refractivity contribution is 0.101. The molecule has 38 heavy (non-hydrogen) atoms. The summed E-state index contributed by atoms with van der Waals surface area (Å²) >= 11 is 0. The molecule has 0 saturated heterocycles. The number of carbonyl (C=O) groups is 1. The average molecular weight is 512 g/mol. The quantitative estimate of drug-likeness (QED) is 0.245. The molecule has 1 aliphatic carbocycles. The highest BCUT2D eigenvalue weighted by Gasteiger charge is 2.21. The van der Waals surface area contributed by atoms with Gasteiger partial charge in [0.05, 0.1) is 23.1 Å². The van der Waals surface area contributed by atoms with Crippen molar-refractivity contribution in [2.45, 2.75) is 93.1 Å². The normalized spacial score (nSPS) is 13.6. The van der Waals surface area contributed by atoms with Gasteiger partial charge >= 0.3 is 0 Å². The maximum atomic E-state index is 12.1. The van der Waals surface area contributed by atoms with E-state index in [0.717, 1.165) is 61.2 Å². The van der Waals surface area contributed by atoms with Gasteiger partial charge in [-0.25, -0.2) is 9.67 Å². The molecule has 0 amide bonds. The lowest BCUT2D eigenvalue weighted by atomic mass is 9.92. The van der Waals surface area contributed by atoms with Crippen molar-refractivity contribution >= 4 is 11.4 Å². The highest BCUT2D eigenvalue weighted by Crippen LogP contribution is 2.34. The molecule has 0 spiro atoms. The molecule has 0 unspecified atom stereocenters. The first kappa shape index (κ1) is 27.6. The Balaban J connectivity index is 1.63. The maximum absolute atomic E-state index is 12.1. The Kier molecular flexibility index (Phi) is 8.98. The number of benzene rings is 1. The van der Waals surface area contributed by atoms with Crippen LogP contribution >= 0.6 is 0 Å². The molecule has 1 aliphatic rings. The van der Waals surface area contributed by atoms with E-state index in [4.69, 9.17) is 9.72 Å². The summed E-state index contributed by atoms with van der Waals surface area (Å²) in [6.07, 6.45) is 11.1. The Morgan fingerprint density at radius 3 is 2.50 bits per heavy atom. The van der Waals surface area contributed by atoms with Gasteiger partial charge < -0.3 is 4.74 Å². The van der Waals surface area contributed by atoms with Gasteiger partial charge in [0, 0.05) is 5.57 Å². The molecule has 3 aromatic rings. The van der Waals surface area contributed by atoms with Gasteiger partial charge in [-0.3, -0.25) is 4.79 Å². The van der Waals surface area contributed by atoms with E-state index >= 15 is 0 Å². The Morgan fingerprint density at radius 1 is 1.03 bits per heavy atom. The third-order valence-electron chi connectivity index (χ3n) is 7.51. The van der Waals surface area contributed by atoms with E-state index in [2.05, 4.69) is 51.0 Å². The van der Waals surface area contributed by atoms with Gasteiger partial charge in [0.15, 0.2) is 11.6 Å². The zero-order valence-electron chi connectivity index (χ0n) is 23.9. The predicted molar refractivity (Wildman–Crippen MR) is 155 cm³/mol. The van der Waals surface area contributed by atoms with Crippen LogP contribution in [0.1, 0.15) is 104 Å². The van der Waals surface area contributed by atoms with Crippen LogP contribution in [-0.4, -0.2) is 20.5 Å². The minimum Gasteiger partial charge on any atom is -0.488 e. The molecule has 4 rings (SSSR count). The highest BCUT2D eigenvalue weighted by atomic mass is 16.5. The van der Waals surface area contributed by atoms with Crippen LogP contribution < -0.4 is 0 Å². The molecular formula is C33H41N3O2. The number of Topliss-reactive ketones (excluding diaryl/α,β-unsaturated/α-hetero) is 1. The number of aromatic nitrogens is 3. The lowest BCUT2D eigenvalue weighted by Gasteiger charge is -2.22. The van der Waals surface area contributed by atoms with Crippen LogP contribution in [0.2, 0.25) is 0 Å². The van der Waals surface area contributed by atoms with Crippen LogP contribution in [0.5, 0.6) is 0 Å². The first-order valence-corrected chi connectivity index (χ1v) is 14.1. The van der Waals surface area contributed by atoms with E-state index in [0.29, 0.717) is 24.4 Å². The number of rotatable bonds is 11. The third kappa shape index (κ3) is 5.67. The summed E-state index contributed by atoms with van der Waals surface area (Å²) in [4.78, 5) is 17.1. The smallest absolute Gasteiger partial charge is 0.163 e. The lowest BCUT2D eigenvalue weighted by Crippen LogP contribution is -2.10. The topological polar surface area (TPSA) is 57.0 Å². The Hall–Kier alpha value is -3.47. The van der Waals surface area contributed by atoms with E-state index in [9.17, 15) is 4.79 Å². The average Bonchev–Trinajstić information content (AvgIpc) is 3.36. The van der Waals surface area contributed by atoms with Crippen molar-refractivity contribution < 1.29 is 9.53 Å². The number of allylic oxidation sites excluding steroid dienone is 3. The number of nitrogens with zero attached hydrogens (tertiary/aromatic N) is 3. The molecule has 5 heteroatoms. The fraction of sp³-hybridized carbons (Fsp3) is 0.424. The summed E-state index contributed by atoms with van der Waals surface area (Å²) in [6, 6.07) is 10.5. The summed E-state index contributed by atoms with van der Waals surface area (Å²) in [5, 5.41) is 4.50. The number of carbonyl (C=O) groups excluding carboxylic acids is 1. The second-order valence-electron chi connectivity index (χ2n) is 10.2. The molecule has 0 fully saturated rings. The number of hydrogen-bond donors (Lipinski definition) is 0. The number of ether oxygens (including phenoxy) is 1. The van der Waals surface area contributed by atoms with E-state index in [1.807, 2.05) is 25.1 Å². The minimum absolute atomic E-state index is 0.0219. The summed E-state index contributed by atoms with van der Waals surface area (Å²) in [5.41, 5.74) is 10.3. The zero-order chi connectivity index (χ0) is 27.2. The predicted octanol–water partition coefficient (Wildman–Crippen LogP) is 7.91. The number of hydrogen-bond acceptors (Lipinski definition) is 4. The zero-order valence-corrected chi connectivity index (χ0v) is 23.9. The van der Waals surface area contributed by atoms with Crippen molar-refractivity contribution in [3.8, 4) is 5.82 Å². The van der Waals surface area contributed by atoms with Crippen LogP contribution in [0.15, 0.2) is 53.9 Å². The Morgan fingerprint density at radius 2 is 1.79 bits per heavy atom. The van der Waals surface area contributed by atoms with E-state index in [-0.39, 0.29) is 5.78 Å². The second kappa shape index (κ2) is 12.4. The molecule has 0 atom stereocenters. The van der Waals surface area contributed by atoms with Crippen LogP contribution in [-0.2, 0) is 30.6 Å². The fourth-order valence-corrected chi connectivity index (χ4v) is 5.46. The van der Waals surface area contributed by atoms with Crippen LogP contribution in [0.3, 0.4) is 0 Å². The van der Waals surface area contributed by atoms with Crippen molar-refractivity contribution in [3.05, 3.63) is 93.1 Å². The van der Waals surface area contributed by atoms with Crippen molar-refractivity contribution in [2.75, 3.05) is 0 Å². The van der Waals surface area contributed by atoms with Gasteiger partial charge in [0.25, 0.3) is 0 Å². The molecule has 0 saturated carbocycles. The van der Waals surface area contributed by atoms with Crippen molar-refractivity contribution in [2.24, 2.45) is 0 Å². The van der Waals surface area contributed by atoms with Gasteiger partial charge in [-0.2, -0.15) is 5.10 Å². The second-order valence-corrected chi connectivity index (χ2v) is 10.2. The van der Waals surface area contributed by atoms with Crippen molar-refractivity contribution in [1.82, 2.24) is 14.8 Å². The molecular weight excluding hydrogens is 470 g/mol. The SMILES string of the molecule is CCCc1ccc(COC2=C(C)CCC=C2c2cccc(-n3ncc(C(C)=O)c3CC)n2)c(C)c1CCC. The maximum Gasteiger partial charge on any atom is 0.163 e. The molecule has 0 N–H and O–H groups in total. The monoisotopic (exact) mass is 511 g/mol. The van der Waals surface area contributed by atoms with Crippen LogP contribution in [0, 0.1) is 6.92 Å². The van der Waals surface area contributed by atoms with Crippen LogP contribution in [0.25, 0.3) is 11.4 Å². The third-order valence-corrected chi connectivity index (χ3v) is 7.51. The van der Waals surface area contributed by atoms with E-state index in [1.165, 1.54) is 27.8 Å². The Labute approximate surface area is 227 Å². The molecule has 0 radical (unpaired) electrons. The molecule has 5 nitrogen and oxygen atoms in total. The van der Waals surface area contributed by atoms with E-state index in [1.54, 1.807) is 17.8 Å². The van der Waals surface area contributed by atoms with Crippen molar-refractivity contribution in [1.29, 1.82) is 0 Å². The molecule has 1 aromatic carbocycles. The summed E-state index contributed by atoms with van der Waals surface area (Å²) in [6.45, 7) is 13.1. The van der Waals surface area contributed by atoms with E-state index < -0.39 is 0 Å². The van der Waals surface area contributed by atoms with Crippen molar-refractivity contribution in [3.63, 3.8) is 0 Å². The van der Waals surface area contributed by atoms with Gasteiger partial charge in [-0.05, 0) is 92.8 Å². The fourth-order valence-electron chi connectivity index (χ4n) is 5.46. The standard InChI is InChI=1S/C33H41N3O2/c1-7-12-25-18-19-26(23(5)27(25)13-8-2)21-38-33-22(4)14-10-15-28(33)30-16-11-17-32(35-30)36-31(9-3)29(20-34-36)24(6)37/h11,15-20H,7-10,12-14,21H2,1-6H3. The number of pyridine rings is 1. The van der Waals surface area contributed by atoms with Crippen LogP contribution in [0.4, 0.5) is 0 Å². The largest absolute Gasteiger partial charge is 0.488 e. The molecule has 200 valence electrons. The molecule has 0 bridgehead atoms. The summed E-state index contributed by atoms with van der Waals surface area (Å²) < 4.78 is 8.38. The highest BCUT2D eigenvalue weighted by molar-refractivity contribution is 5.95. The number of aryl methyl sites for hydroxylation is 1. The summed E-state index contributed by atoms with van der Waals surface area (Å²) in [5.74, 6) is 1.66. The summed E-state index contributed by atoms with van der Waals surface area (Å²) in [7, 11) is 0.